The Morgan fingerprint density at radius 1 is 0.886 bits per heavy atom. The average Bonchev–Trinajstić information content (AvgIpc) is 3.60. The van der Waals surface area contributed by atoms with Crippen molar-refractivity contribution in [2.24, 2.45) is 5.41 Å². The summed E-state index contributed by atoms with van der Waals surface area (Å²) < 4.78 is 24.5. The number of aromatic nitrogens is 3. The van der Waals surface area contributed by atoms with Crippen LogP contribution in [0.25, 0.3) is 54.8 Å². The number of furan rings is 1. The molecule has 7 rings (SSSR count). The van der Waals surface area contributed by atoms with Crippen molar-refractivity contribution in [2.45, 2.75) is 54.8 Å². The number of benzene rings is 2. The molecule has 0 atom stereocenters. The molecule has 0 fully saturated rings. The molecule has 5 heterocycles. The first-order valence-electron chi connectivity index (χ1n) is 15.3. The summed E-state index contributed by atoms with van der Waals surface area (Å²) in [6, 6.07) is 26.6. The second-order valence-electron chi connectivity index (χ2n) is 12.0. The number of hydrogen-bond donors (Lipinski definition) is 0. The topological polar surface area (TPSA) is 51.8 Å². The minimum Gasteiger partial charge on any atom is -0.486 e. The second kappa shape index (κ2) is 12.7. The standard InChI is InChI=1S/C24H21N2OS.C14H14N.Ir/c1-14-8-9-17-16-6-5-7-18(22(16)27-23(17)25-14)19-10-11-20-21(26-19)15(13-28-20)12-24(2,3)4;1-10-4-6-13(7-5-10)14-8-11(2)12(3)9-15-14;/h5-6,8-11,13H,12H2,1-4H3;4-6,8-9H,1-3H3;/q2*-1;/i12D2;;. The Hall–Kier alpha value is -3.70. The van der Waals surface area contributed by atoms with Crippen molar-refractivity contribution >= 4 is 43.6 Å². The molecular formula is C38H35IrN3OS-2. The molecule has 0 aliphatic rings. The molecule has 0 bridgehead atoms. The van der Waals surface area contributed by atoms with Gasteiger partial charge in [0.05, 0.1) is 15.8 Å². The number of fused-ring (bicyclic) bond motifs is 4. The van der Waals surface area contributed by atoms with E-state index in [2.05, 4.69) is 61.1 Å². The molecule has 0 aliphatic carbocycles. The van der Waals surface area contributed by atoms with E-state index in [4.69, 9.17) is 12.1 Å². The van der Waals surface area contributed by atoms with Crippen LogP contribution in [0.2, 0.25) is 0 Å². The first-order valence-corrected chi connectivity index (χ1v) is 15.2. The van der Waals surface area contributed by atoms with Crippen LogP contribution in [0, 0.1) is 45.2 Å². The Labute approximate surface area is 279 Å². The van der Waals surface area contributed by atoms with Gasteiger partial charge >= 0.3 is 0 Å². The zero-order valence-corrected chi connectivity index (χ0v) is 29.1. The predicted molar refractivity (Wildman–Crippen MR) is 180 cm³/mol. The van der Waals surface area contributed by atoms with Gasteiger partial charge in [0.25, 0.3) is 0 Å². The minimum atomic E-state index is -1.51. The molecule has 225 valence electrons. The monoisotopic (exact) mass is 776 g/mol. The Morgan fingerprint density at radius 2 is 1.70 bits per heavy atom. The molecule has 0 amide bonds. The summed E-state index contributed by atoms with van der Waals surface area (Å²) in [6.07, 6.45) is 0.409. The summed E-state index contributed by atoms with van der Waals surface area (Å²) in [5.41, 5.74) is 10.3. The SMILES string of the molecule is Cc1c[c-]c(-c2cc(C)c(C)cn2)cc1.[2H]C([2H])(c1csc2ccc(-c3[c-]ccc4c3oc3nc(C)ccc34)nc12)C(C)(C)C.[Ir]. The Morgan fingerprint density at radius 3 is 2.43 bits per heavy atom. The van der Waals surface area contributed by atoms with E-state index in [1.165, 1.54) is 28.0 Å². The molecule has 5 aromatic heterocycles. The van der Waals surface area contributed by atoms with Gasteiger partial charge in [-0.05, 0) is 78.7 Å². The zero-order valence-electron chi connectivity index (χ0n) is 27.9. The van der Waals surface area contributed by atoms with Crippen LogP contribution in [-0.4, -0.2) is 15.0 Å². The number of rotatable bonds is 3. The smallest absolute Gasteiger partial charge is 0.216 e. The van der Waals surface area contributed by atoms with Crippen LogP contribution < -0.4 is 0 Å². The fourth-order valence-corrected chi connectivity index (χ4v) is 5.71. The fourth-order valence-electron chi connectivity index (χ4n) is 4.88. The third-order valence-corrected chi connectivity index (χ3v) is 8.17. The van der Waals surface area contributed by atoms with E-state index in [-0.39, 0.29) is 20.1 Å². The molecule has 7 aromatic rings. The second-order valence-corrected chi connectivity index (χ2v) is 12.9. The summed E-state index contributed by atoms with van der Waals surface area (Å²) in [6.45, 7) is 13.9. The number of nitrogens with zero attached hydrogens (tertiary/aromatic N) is 3. The van der Waals surface area contributed by atoms with E-state index >= 15 is 0 Å². The molecule has 0 N–H and O–H groups in total. The number of aryl methyl sites for hydroxylation is 4. The van der Waals surface area contributed by atoms with Gasteiger partial charge in [-0.15, -0.1) is 64.9 Å². The van der Waals surface area contributed by atoms with Crippen LogP contribution in [0.1, 0.15) is 51.5 Å². The van der Waals surface area contributed by atoms with Crippen molar-refractivity contribution in [1.29, 1.82) is 0 Å². The molecule has 6 heteroatoms. The first kappa shape index (κ1) is 29.0. The van der Waals surface area contributed by atoms with Crippen molar-refractivity contribution in [3.05, 3.63) is 112 Å². The summed E-state index contributed by atoms with van der Waals surface area (Å²) in [7, 11) is 0. The molecule has 0 spiro atoms. The van der Waals surface area contributed by atoms with E-state index in [9.17, 15) is 0 Å². The van der Waals surface area contributed by atoms with E-state index in [0.717, 1.165) is 38.0 Å². The average molecular weight is 776 g/mol. The van der Waals surface area contributed by atoms with Crippen molar-refractivity contribution in [3.63, 3.8) is 0 Å². The maximum absolute atomic E-state index is 8.72. The van der Waals surface area contributed by atoms with Gasteiger partial charge in [0.15, 0.2) is 0 Å². The van der Waals surface area contributed by atoms with E-state index in [1.54, 1.807) is 0 Å². The normalized spacial score (nSPS) is 12.4. The Kier molecular flexibility index (Phi) is 8.40. The zero-order chi connectivity index (χ0) is 32.1. The van der Waals surface area contributed by atoms with Crippen LogP contribution in [-0.2, 0) is 26.5 Å². The number of thiophene rings is 1. The van der Waals surface area contributed by atoms with Crippen molar-refractivity contribution < 1.29 is 27.3 Å². The van der Waals surface area contributed by atoms with Crippen LogP contribution in [0.15, 0.2) is 76.7 Å². The van der Waals surface area contributed by atoms with Crippen LogP contribution in [0.5, 0.6) is 0 Å². The quantitative estimate of drug-likeness (QED) is 0.168. The van der Waals surface area contributed by atoms with E-state index in [1.807, 2.05) is 81.7 Å². The maximum atomic E-state index is 8.72. The van der Waals surface area contributed by atoms with E-state index < -0.39 is 11.8 Å². The molecule has 0 aliphatic heterocycles. The number of pyridine rings is 3. The molecule has 44 heavy (non-hydrogen) atoms. The summed E-state index contributed by atoms with van der Waals surface area (Å²) in [4.78, 5) is 13.8. The molecular weight excluding hydrogens is 739 g/mol. The van der Waals surface area contributed by atoms with Gasteiger partial charge < -0.3 is 9.40 Å². The van der Waals surface area contributed by atoms with Gasteiger partial charge in [-0.25, -0.2) is 4.98 Å². The third kappa shape index (κ3) is 6.68. The Balaban J connectivity index is 0.000000220. The largest absolute Gasteiger partial charge is 0.486 e. The predicted octanol–water partition coefficient (Wildman–Crippen LogP) is 10.4. The molecule has 0 unspecified atom stereocenters. The Bertz CT molecular complexity index is 2180. The molecule has 4 nitrogen and oxygen atoms in total. The van der Waals surface area contributed by atoms with Gasteiger partial charge in [-0.1, -0.05) is 56.3 Å². The molecule has 0 saturated heterocycles. The van der Waals surface area contributed by atoms with Crippen molar-refractivity contribution in [1.82, 2.24) is 15.0 Å². The van der Waals surface area contributed by atoms with E-state index in [0.29, 0.717) is 28.1 Å². The van der Waals surface area contributed by atoms with Crippen LogP contribution in [0.4, 0.5) is 0 Å². The summed E-state index contributed by atoms with van der Waals surface area (Å²) >= 11 is 1.52. The molecule has 1 radical (unpaired) electrons. The first-order chi connectivity index (χ1) is 21.3. The van der Waals surface area contributed by atoms with Gasteiger partial charge in [0.1, 0.15) is 0 Å². The summed E-state index contributed by atoms with van der Waals surface area (Å²) in [5, 5.41) is 3.83. The van der Waals surface area contributed by atoms with Crippen molar-refractivity contribution in [3.8, 4) is 22.5 Å². The van der Waals surface area contributed by atoms with Gasteiger partial charge in [-0.2, -0.15) is 0 Å². The van der Waals surface area contributed by atoms with Crippen molar-refractivity contribution in [2.75, 3.05) is 0 Å². The maximum Gasteiger partial charge on any atom is 0.216 e. The fraction of sp³-hybridized carbons (Fsp3) is 0.237. The molecule has 2 aromatic carbocycles. The number of hydrogen-bond acceptors (Lipinski definition) is 5. The van der Waals surface area contributed by atoms with Gasteiger partial charge in [0.2, 0.25) is 5.71 Å². The van der Waals surface area contributed by atoms with Crippen LogP contribution >= 0.6 is 11.3 Å². The molecule has 0 saturated carbocycles. The minimum absolute atomic E-state index is 0. The van der Waals surface area contributed by atoms with Crippen LogP contribution in [0.3, 0.4) is 0 Å². The van der Waals surface area contributed by atoms with Gasteiger partial charge in [0, 0.05) is 40.1 Å². The summed E-state index contributed by atoms with van der Waals surface area (Å²) in [5.74, 6) is 0. The van der Waals surface area contributed by atoms with Gasteiger partial charge in [-0.3, -0.25) is 4.98 Å². The third-order valence-electron chi connectivity index (χ3n) is 7.24.